The number of ether oxygens (including phenoxy) is 2. The molecule has 0 saturated carbocycles. The highest BCUT2D eigenvalue weighted by atomic mass is 16.6. The lowest BCUT2D eigenvalue weighted by molar-refractivity contribution is -0.153. The van der Waals surface area contributed by atoms with Gasteiger partial charge < -0.3 is 14.4 Å². The highest BCUT2D eigenvalue weighted by Gasteiger charge is 2.35. The molecule has 0 aromatic heterocycles. The molecule has 180 valence electrons. The molecule has 2 aromatic rings. The van der Waals surface area contributed by atoms with Gasteiger partial charge in [0.1, 0.15) is 12.2 Å². The molecule has 5 heteroatoms. The van der Waals surface area contributed by atoms with Crippen molar-refractivity contribution in [2.75, 3.05) is 24.7 Å². The van der Waals surface area contributed by atoms with Crippen molar-refractivity contribution in [2.24, 2.45) is 0 Å². The molecule has 1 aliphatic carbocycles. The first-order chi connectivity index (χ1) is 16.5. The minimum absolute atomic E-state index is 0.0535. The number of benzene rings is 2. The lowest BCUT2D eigenvalue weighted by atomic mass is 9.88. The lowest BCUT2D eigenvalue weighted by Gasteiger charge is -2.37. The Balaban J connectivity index is 1.90. The van der Waals surface area contributed by atoms with E-state index >= 15 is 0 Å². The molecular weight excluding hydrogens is 426 g/mol. The topological polar surface area (TPSA) is 55.8 Å². The van der Waals surface area contributed by atoms with Crippen molar-refractivity contribution in [1.29, 1.82) is 0 Å². The van der Waals surface area contributed by atoms with E-state index in [0.717, 1.165) is 35.2 Å². The number of nitrogens with zero attached hydrogens (tertiary/aromatic N) is 1. The molecule has 0 N–H and O–H groups in total. The van der Waals surface area contributed by atoms with Crippen LogP contribution in [0.1, 0.15) is 50.7 Å². The van der Waals surface area contributed by atoms with Crippen molar-refractivity contribution in [3.8, 4) is 0 Å². The predicted molar refractivity (Wildman–Crippen MR) is 137 cm³/mol. The molecule has 34 heavy (non-hydrogen) atoms. The van der Waals surface area contributed by atoms with Gasteiger partial charge in [0.05, 0.1) is 13.2 Å². The second-order valence-electron chi connectivity index (χ2n) is 8.64. The molecule has 0 fully saturated rings. The third kappa shape index (κ3) is 6.91. The molecule has 0 aliphatic heterocycles. The van der Waals surface area contributed by atoms with Gasteiger partial charge in [-0.1, -0.05) is 74.0 Å². The first-order valence-corrected chi connectivity index (χ1v) is 12.1. The summed E-state index contributed by atoms with van der Waals surface area (Å²) in [6.07, 6.45) is 8.90. The number of hydrogen-bond acceptors (Lipinski definition) is 4. The predicted octanol–water partition coefficient (Wildman–Crippen LogP) is 5.88. The number of aryl methyl sites for hydroxylation is 1. The highest BCUT2D eigenvalue weighted by molar-refractivity contribution is 5.93. The number of carbonyl (C=O) groups excluding carboxylic acids is 2. The number of allylic oxidation sites excluding steroid dienone is 2. The van der Waals surface area contributed by atoms with E-state index in [0.29, 0.717) is 26.0 Å². The van der Waals surface area contributed by atoms with Gasteiger partial charge in [-0.15, -0.1) is 0 Å². The van der Waals surface area contributed by atoms with Crippen molar-refractivity contribution in [3.05, 3.63) is 84.0 Å². The van der Waals surface area contributed by atoms with Gasteiger partial charge >= 0.3 is 5.97 Å². The van der Waals surface area contributed by atoms with E-state index in [4.69, 9.17) is 9.47 Å². The van der Waals surface area contributed by atoms with Crippen molar-refractivity contribution in [3.63, 3.8) is 0 Å². The fourth-order valence-electron chi connectivity index (χ4n) is 4.03. The Labute approximate surface area is 203 Å². The molecular formula is C29H35NO4. The van der Waals surface area contributed by atoms with Crippen LogP contribution in [0.25, 0.3) is 5.57 Å². The third-order valence-electron chi connectivity index (χ3n) is 5.91. The Bertz CT molecular complexity index is 1030. The van der Waals surface area contributed by atoms with E-state index in [1.54, 1.807) is 11.8 Å². The van der Waals surface area contributed by atoms with Crippen LogP contribution in [0.5, 0.6) is 0 Å². The molecule has 2 aromatic carbocycles. The Morgan fingerprint density at radius 3 is 2.50 bits per heavy atom. The van der Waals surface area contributed by atoms with Gasteiger partial charge in [-0.05, 0) is 49.1 Å². The number of hydrogen-bond donors (Lipinski definition) is 0. The van der Waals surface area contributed by atoms with Crippen LogP contribution in [0.4, 0.5) is 5.69 Å². The number of anilines is 1. The smallest absolute Gasteiger partial charge is 0.332 e. The summed E-state index contributed by atoms with van der Waals surface area (Å²) in [6.45, 7) is 6.31. The van der Waals surface area contributed by atoms with E-state index in [-0.39, 0.29) is 12.5 Å². The van der Waals surface area contributed by atoms with Gasteiger partial charge in [0.2, 0.25) is 5.91 Å². The van der Waals surface area contributed by atoms with Crippen LogP contribution in [0.3, 0.4) is 0 Å². The number of esters is 1. The standard InChI is InChI=1S/C29H35NO4/c1-4-6-15-27(31)30(26-14-10-11-23(3)20-26)22-29(34-21-28(32)33-5-2)18-16-25(17-19-29)24-12-8-7-9-13-24/h7-14,16-18,20H,4-6,15,19,21-22H2,1-3H3. The second kappa shape index (κ2) is 12.3. The van der Waals surface area contributed by atoms with Crippen LogP contribution < -0.4 is 4.90 Å². The Hall–Kier alpha value is -3.18. The van der Waals surface area contributed by atoms with Crippen LogP contribution in [0, 0.1) is 6.92 Å². The molecule has 0 spiro atoms. The van der Waals surface area contributed by atoms with Crippen molar-refractivity contribution < 1.29 is 19.1 Å². The maximum Gasteiger partial charge on any atom is 0.332 e. The van der Waals surface area contributed by atoms with Gasteiger partial charge in [0.25, 0.3) is 0 Å². The molecule has 3 rings (SSSR count). The molecule has 5 nitrogen and oxygen atoms in total. The van der Waals surface area contributed by atoms with E-state index in [1.165, 1.54) is 0 Å². The molecule has 1 amide bonds. The molecule has 1 atom stereocenters. The quantitative estimate of drug-likeness (QED) is 0.392. The molecule has 0 radical (unpaired) electrons. The first-order valence-electron chi connectivity index (χ1n) is 12.1. The monoisotopic (exact) mass is 461 g/mol. The maximum absolute atomic E-state index is 13.3. The average Bonchev–Trinajstić information content (AvgIpc) is 2.86. The van der Waals surface area contributed by atoms with Crippen LogP contribution >= 0.6 is 0 Å². The van der Waals surface area contributed by atoms with Gasteiger partial charge in [0, 0.05) is 18.5 Å². The lowest BCUT2D eigenvalue weighted by Crippen LogP contribution is -2.48. The zero-order chi connectivity index (χ0) is 24.4. The first kappa shape index (κ1) is 25.4. The average molecular weight is 462 g/mol. The Morgan fingerprint density at radius 2 is 1.85 bits per heavy atom. The van der Waals surface area contributed by atoms with E-state index in [9.17, 15) is 9.59 Å². The fraction of sp³-hybridized carbons (Fsp3) is 0.379. The van der Waals surface area contributed by atoms with Crippen LogP contribution in [0.15, 0.2) is 72.8 Å². The zero-order valence-corrected chi connectivity index (χ0v) is 20.5. The summed E-state index contributed by atoms with van der Waals surface area (Å²) in [7, 11) is 0. The molecule has 1 unspecified atom stereocenters. The number of carbonyl (C=O) groups is 2. The largest absolute Gasteiger partial charge is 0.464 e. The SMILES string of the molecule is CCCCC(=O)N(CC1(OCC(=O)OCC)C=CC(c2ccccc2)=CC1)c1cccc(C)c1. The summed E-state index contributed by atoms with van der Waals surface area (Å²) < 4.78 is 11.3. The van der Waals surface area contributed by atoms with Crippen LogP contribution in [-0.4, -0.2) is 37.2 Å². The number of unbranched alkanes of at least 4 members (excludes halogenated alkanes) is 1. The summed E-state index contributed by atoms with van der Waals surface area (Å²) in [4.78, 5) is 27.2. The Kier molecular flexibility index (Phi) is 9.23. The molecule has 0 heterocycles. The number of amides is 1. The van der Waals surface area contributed by atoms with E-state index in [2.05, 4.69) is 25.1 Å². The van der Waals surface area contributed by atoms with Crippen molar-refractivity contribution in [2.45, 2.75) is 52.1 Å². The van der Waals surface area contributed by atoms with Gasteiger partial charge in [0.15, 0.2) is 0 Å². The highest BCUT2D eigenvalue weighted by Crippen LogP contribution is 2.32. The van der Waals surface area contributed by atoms with Gasteiger partial charge in [-0.2, -0.15) is 0 Å². The summed E-state index contributed by atoms with van der Waals surface area (Å²) in [5, 5.41) is 0. The van der Waals surface area contributed by atoms with Gasteiger partial charge in [-0.3, -0.25) is 4.79 Å². The number of rotatable bonds is 11. The van der Waals surface area contributed by atoms with Crippen molar-refractivity contribution in [1.82, 2.24) is 0 Å². The molecule has 1 aliphatic rings. The van der Waals surface area contributed by atoms with Crippen molar-refractivity contribution >= 4 is 23.1 Å². The summed E-state index contributed by atoms with van der Waals surface area (Å²) in [5.41, 5.74) is 3.29. The second-order valence-corrected chi connectivity index (χ2v) is 8.64. The molecule has 0 bridgehead atoms. The van der Waals surface area contributed by atoms with Gasteiger partial charge in [-0.25, -0.2) is 4.79 Å². The van der Waals surface area contributed by atoms with Crippen LogP contribution in [-0.2, 0) is 19.1 Å². The maximum atomic E-state index is 13.3. The summed E-state index contributed by atoms with van der Waals surface area (Å²) >= 11 is 0. The fourth-order valence-corrected chi connectivity index (χ4v) is 4.03. The minimum atomic E-state index is -0.837. The summed E-state index contributed by atoms with van der Waals surface area (Å²) in [6, 6.07) is 18.1. The van der Waals surface area contributed by atoms with E-state index in [1.807, 2.05) is 61.5 Å². The van der Waals surface area contributed by atoms with Crippen LogP contribution in [0.2, 0.25) is 0 Å². The van der Waals surface area contributed by atoms with E-state index < -0.39 is 11.6 Å². The zero-order valence-electron chi connectivity index (χ0n) is 20.5. The minimum Gasteiger partial charge on any atom is -0.464 e. The third-order valence-corrected chi connectivity index (χ3v) is 5.91. The normalized spacial score (nSPS) is 17.2. The summed E-state index contributed by atoms with van der Waals surface area (Å²) in [5.74, 6) is -0.356. The Morgan fingerprint density at radius 1 is 1.06 bits per heavy atom. The molecule has 0 saturated heterocycles.